The van der Waals surface area contributed by atoms with Crippen LogP contribution < -0.4 is 9.21 Å². The summed E-state index contributed by atoms with van der Waals surface area (Å²) in [5.74, 6) is -0.498. The fraction of sp³-hybridized carbons (Fsp3) is 0.368. The van der Waals surface area contributed by atoms with Crippen LogP contribution in [0.4, 0.5) is 15.8 Å². The quantitative estimate of drug-likeness (QED) is 0.823. The van der Waals surface area contributed by atoms with Gasteiger partial charge in [-0.1, -0.05) is 18.2 Å². The van der Waals surface area contributed by atoms with Gasteiger partial charge in [-0.2, -0.15) is 0 Å². The van der Waals surface area contributed by atoms with Crippen LogP contribution in [0.2, 0.25) is 0 Å². The van der Waals surface area contributed by atoms with E-state index in [0.717, 1.165) is 30.0 Å². The Bertz CT molecular complexity index is 894. The molecule has 2 aromatic rings. The summed E-state index contributed by atoms with van der Waals surface area (Å²) in [5, 5.41) is 0. The smallest absolute Gasteiger partial charge is 0.239 e. The van der Waals surface area contributed by atoms with Crippen LogP contribution in [-0.2, 0) is 26.9 Å². The standard InChI is InChI=1S/C19H21FN2O3S/c20-17-4-1-15(2-5-17)14-26(23,24)22-8-7-16-3-6-18(13-19(16)22)21-9-11-25-12-10-21/h1-6,13H,7-12,14H2. The van der Waals surface area contributed by atoms with Crippen molar-refractivity contribution in [2.75, 3.05) is 42.1 Å². The van der Waals surface area contributed by atoms with Crippen molar-refractivity contribution in [3.8, 4) is 0 Å². The molecule has 26 heavy (non-hydrogen) atoms. The van der Waals surface area contributed by atoms with Gasteiger partial charge in [0.25, 0.3) is 0 Å². The highest BCUT2D eigenvalue weighted by Crippen LogP contribution is 2.35. The number of hydrogen-bond acceptors (Lipinski definition) is 4. The van der Waals surface area contributed by atoms with Crippen LogP contribution in [0, 0.1) is 5.82 Å². The van der Waals surface area contributed by atoms with Gasteiger partial charge in [0.05, 0.1) is 24.7 Å². The van der Waals surface area contributed by atoms with Crippen LogP contribution in [0.1, 0.15) is 11.1 Å². The van der Waals surface area contributed by atoms with Gasteiger partial charge in [0.2, 0.25) is 10.0 Å². The molecule has 0 aromatic heterocycles. The molecule has 1 saturated heterocycles. The maximum atomic E-state index is 13.1. The number of ether oxygens (including phenoxy) is 1. The third-order valence-electron chi connectivity index (χ3n) is 4.90. The molecule has 0 saturated carbocycles. The van der Waals surface area contributed by atoms with Crippen LogP contribution in [-0.4, -0.2) is 41.3 Å². The normalized spacial score (nSPS) is 17.4. The van der Waals surface area contributed by atoms with Gasteiger partial charge in [-0.25, -0.2) is 12.8 Å². The Balaban J connectivity index is 1.60. The first kappa shape index (κ1) is 17.3. The summed E-state index contributed by atoms with van der Waals surface area (Å²) in [4.78, 5) is 2.22. The Kier molecular flexibility index (Phi) is 4.58. The SMILES string of the molecule is O=S(=O)(Cc1ccc(F)cc1)N1CCc2ccc(N3CCOCC3)cc21. The van der Waals surface area contributed by atoms with E-state index >= 15 is 0 Å². The molecule has 2 aliphatic heterocycles. The fourth-order valence-electron chi connectivity index (χ4n) is 3.51. The molecule has 0 N–H and O–H groups in total. The molecule has 4 rings (SSSR count). The Morgan fingerprint density at radius 2 is 1.73 bits per heavy atom. The van der Waals surface area contributed by atoms with Gasteiger partial charge in [0.15, 0.2) is 0 Å². The van der Waals surface area contributed by atoms with Gasteiger partial charge in [0.1, 0.15) is 5.82 Å². The molecule has 0 amide bonds. The summed E-state index contributed by atoms with van der Waals surface area (Å²) in [5.41, 5.74) is 3.42. The average Bonchev–Trinajstić information content (AvgIpc) is 3.08. The van der Waals surface area contributed by atoms with Gasteiger partial charge in [0, 0.05) is 25.3 Å². The molecular formula is C19H21FN2O3S. The number of halogens is 1. The average molecular weight is 376 g/mol. The fourth-order valence-corrected chi connectivity index (χ4v) is 5.12. The third kappa shape index (κ3) is 3.41. The number of benzene rings is 2. The Hall–Kier alpha value is -2.12. The van der Waals surface area contributed by atoms with Crippen molar-refractivity contribution in [2.24, 2.45) is 0 Å². The highest BCUT2D eigenvalue weighted by Gasteiger charge is 2.30. The first-order valence-electron chi connectivity index (χ1n) is 8.73. The maximum Gasteiger partial charge on any atom is 0.239 e. The number of rotatable bonds is 4. The minimum atomic E-state index is -3.52. The molecule has 2 aliphatic rings. The predicted octanol–water partition coefficient (Wildman–Crippen LogP) is 2.55. The zero-order valence-electron chi connectivity index (χ0n) is 14.4. The summed E-state index contributed by atoms with van der Waals surface area (Å²) in [6.45, 7) is 3.43. The lowest BCUT2D eigenvalue weighted by Crippen LogP contribution is -2.36. The van der Waals surface area contributed by atoms with E-state index < -0.39 is 10.0 Å². The number of anilines is 2. The zero-order valence-corrected chi connectivity index (χ0v) is 15.2. The van der Waals surface area contributed by atoms with Gasteiger partial charge in [-0.15, -0.1) is 0 Å². The minimum absolute atomic E-state index is 0.130. The molecule has 1 fully saturated rings. The molecule has 0 spiro atoms. The molecule has 2 aromatic carbocycles. The predicted molar refractivity (Wildman–Crippen MR) is 99.5 cm³/mol. The van der Waals surface area contributed by atoms with Crippen LogP contribution in [0.5, 0.6) is 0 Å². The van der Waals surface area contributed by atoms with Crippen molar-refractivity contribution in [1.29, 1.82) is 0 Å². The van der Waals surface area contributed by atoms with E-state index in [1.165, 1.54) is 28.6 Å². The van der Waals surface area contributed by atoms with Gasteiger partial charge >= 0.3 is 0 Å². The highest BCUT2D eigenvalue weighted by atomic mass is 32.2. The van der Waals surface area contributed by atoms with E-state index in [1.54, 1.807) is 0 Å². The van der Waals surface area contributed by atoms with E-state index in [2.05, 4.69) is 11.0 Å². The van der Waals surface area contributed by atoms with Crippen molar-refractivity contribution in [3.05, 3.63) is 59.4 Å². The van der Waals surface area contributed by atoms with E-state index in [1.807, 2.05) is 12.1 Å². The van der Waals surface area contributed by atoms with E-state index in [9.17, 15) is 12.8 Å². The summed E-state index contributed by atoms with van der Waals surface area (Å²) >= 11 is 0. The molecule has 0 bridgehead atoms. The monoisotopic (exact) mass is 376 g/mol. The molecule has 0 atom stereocenters. The molecule has 2 heterocycles. The van der Waals surface area contributed by atoms with E-state index in [0.29, 0.717) is 31.7 Å². The molecule has 138 valence electrons. The van der Waals surface area contributed by atoms with Gasteiger partial charge in [-0.3, -0.25) is 4.31 Å². The van der Waals surface area contributed by atoms with Crippen LogP contribution in [0.15, 0.2) is 42.5 Å². The topological polar surface area (TPSA) is 49.9 Å². The molecular weight excluding hydrogens is 355 g/mol. The second kappa shape index (κ2) is 6.89. The zero-order chi connectivity index (χ0) is 18.1. The summed E-state index contributed by atoms with van der Waals surface area (Å²) in [6.07, 6.45) is 0.710. The van der Waals surface area contributed by atoms with Crippen molar-refractivity contribution in [3.63, 3.8) is 0 Å². The Morgan fingerprint density at radius 1 is 1.00 bits per heavy atom. The number of fused-ring (bicyclic) bond motifs is 1. The third-order valence-corrected chi connectivity index (χ3v) is 6.65. The Morgan fingerprint density at radius 3 is 2.46 bits per heavy atom. The number of nitrogens with zero attached hydrogens (tertiary/aromatic N) is 2. The molecule has 0 unspecified atom stereocenters. The highest BCUT2D eigenvalue weighted by molar-refractivity contribution is 7.92. The van der Waals surface area contributed by atoms with Crippen molar-refractivity contribution in [2.45, 2.75) is 12.2 Å². The van der Waals surface area contributed by atoms with Crippen LogP contribution >= 0.6 is 0 Å². The van der Waals surface area contributed by atoms with Crippen LogP contribution in [0.3, 0.4) is 0 Å². The second-order valence-electron chi connectivity index (χ2n) is 6.62. The first-order chi connectivity index (χ1) is 12.5. The summed E-state index contributed by atoms with van der Waals surface area (Å²) in [6, 6.07) is 11.7. The molecule has 0 aliphatic carbocycles. The molecule has 5 nitrogen and oxygen atoms in total. The van der Waals surface area contributed by atoms with Crippen LogP contribution in [0.25, 0.3) is 0 Å². The summed E-state index contributed by atoms with van der Waals surface area (Å²) in [7, 11) is -3.52. The Labute approximate surface area is 153 Å². The number of hydrogen-bond donors (Lipinski definition) is 0. The van der Waals surface area contributed by atoms with Crippen molar-refractivity contribution >= 4 is 21.4 Å². The maximum absolute atomic E-state index is 13.1. The number of sulfonamides is 1. The lowest BCUT2D eigenvalue weighted by molar-refractivity contribution is 0.122. The molecule has 0 radical (unpaired) electrons. The molecule has 7 heteroatoms. The lowest BCUT2D eigenvalue weighted by atomic mass is 10.1. The first-order valence-corrected chi connectivity index (χ1v) is 10.3. The number of morpholine rings is 1. The minimum Gasteiger partial charge on any atom is -0.378 e. The van der Waals surface area contributed by atoms with E-state index in [4.69, 9.17) is 4.74 Å². The van der Waals surface area contributed by atoms with E-state index in [-0.39, 0.29) is 11.6 Å². The summed E-state index contributed by atoms with van der Waals surface area (Å²) < 4.78 is 45.8. The largest absolute Gasteiger partial charge is 0.378 e. The van der Waals surface area contributed by atoms with Crippen molar-refractivity contribution < 1.29 is 17.5 Å². The lowest BCUT2D eigenvalue weighted by Gasteiger charge is -2.30. The van der Waals surface area contributed by atoms with Gasteiger partial charge in [-0.05, 0) is 41.8 Å². The van der Waals surface area contributed by atoms with Gasteiger partial charge < -0.3 is 9.64 Å². The second-order valence-corrected chi connectivity index (χ2v) is 8.51. The van der Waals surface area contributed by atoms with Crippen molar-refractivity contribution in [1.82, 2.24) is 0 Å².